The van der Waals surface area contributed by atoms with Crippen molar-refractivity contribution in [3.63, 3.8) is 0 Å². The van der Waals surface area contributed by atoms with Gasteiger partial charge < -0.3 is 19.7 Å². The Morgan fingerprint density at radius 1 is 1.12 bits per heavy atom. The zero-order chi connectivity index (χ0) is 17.6. The van der Waals surface area contributed by atoms with Crippen molar-refractivity contribution in [2.75, 3.05) is 37.5 Å². The molecule has 2 aromatic rings. The van der Waals surface area contributed by atoms with Crippen LogP contribution in [-0.4, -0.2) is 38.3 Å². The molecular weight excluding hydrogens is 316 g/mol. The van der Waals surface area contributed by atoms with Crippen LogP contribution in [-0.2, 0) is 0 Å². The maximum Gasteiger partial charge on any atom is 0.142 e. The lowest BCUT2D eigenvalue weighted by Gasteiger charge is -2.34. The highest BCUT2D eigenvalue weighted by molar-refractivity contribution is 5.55. The van der Waals surface area contributed by atoms with E-state index in [0.29, 0.717) is 11.7 Å². The van der Waals surface area contributed by atoms with Crippen LogP contribution < -0.4 is 19.7 Å². The number of anilines is 2. The molecular formula is C19H22N4O2. The van der Waals surface area contributed by atoms with Crippen molar-refractivity contribution in [3.05, 3.63) is 42.2 Å². The molecule has 0 radical (unpaired) electrons. The van der Waals surface area contributed by atoms with Gasteiger partial charge in [0.25, 0.3) is 0 Å². The SMILES string of the molecule is COc1cc(NC2CCN(c3ccnc(C#N)c3)CC2)cc(OC)c1. The van der Waals surface area contributed by atoms with E-state index < -0.39 is 0 Å². The van der Waals surface area contributed by atoms with Crippen molar-refractivity contribution in [1.29, 1.82) is 5.26 Å². The summed E-state index contributed by atoms with van der Waals surface area (Å²) in [5.74, 6) is 1.56. The summed E-state index contributed by atoms with van der Waals surface area (Å²) in [7, 11) is 3.31. The molecule has 1 aliphatic rings. The Bertz CT molecular complexity index is 742. The Morgan fingerprint density at radius 3 is 2.40 bits per heavy atom. The van der Waals surface area contributed by atoms with Gasteiger partial charge in [0, 0.05) is 54.9 Å². The zero-order valence-electron chi connectivity index (χ0n) is 14.5. The first kappa shape index (κ1) is 16.9. The second kappa shape index (κ2) is 7.75. The quantitative estimate of drug-likeness (QED) is 0.903. The first-order valence-electron chi connectivity index (χ1n) is 8.32. The standard InChI is InChI=1S/C19H22N4O2/c1-24-18-10-15(11-19(12-18)25-2)22-14-4-7-23(8-5-14)17-3-6-21-16(9-17)13-20/h3,6,9-12,14,22H,4-5,7-8H2,1-2H3. The highest BCUT2D eigenvalue weighted by Gasteiger charge is 2.20. The number of benzene rings is 1. The van der Waals surface area contributed by atoms with E-state index >= 15 is 0 Å². The average Bonchev–Trinajstić information content (AvgIpc) is 2.68. The number of methoxy groups -OCH3 is 2. The second-order valence-electron chi connectivity index (χ2n) is 6.02. The molecule has 1 aromatic heterocycles. The fourth-order valence-corrected chi connectivity index (χ4v) is 3.09. The lowest BCUT2D eigenvalue weighted by molar-refractivity contribution is 0.394. The molecule has 0 unspecified atom stereocenters. The predicted octanol–water partition coefficient (Wildman–Crippen LogP) is 3.05. The smallest absolute Gasteiger partial charge is 0.142 e. The van der Waals surface area contributed by atoms with Crippen molar-refractivity contribution >= 4 is 11.4 Å². The van der Waals surface area contributed by atoms with E-state index in [9.17, 15) is 0 Å². The van der Waals surface area contributed by atoms with Gasteiger partial charge in [0.15, 0.2) is 0 Å². The first-order chi connectivity index (χ1) is 12.2. The van der Waals surface area contributed by atoms with Crippen molar-refractivity contribution < 1.29 is 9.47 Å². The summed E-state index contributed by atoms with van der Waals surface area (Å²) in [6.07, 6.45) is 3.73. The number of aromatic nitrogens is 1. The molecule has 1 fully saturated rings. The van der Waals surface area contributed by atoms with Gasteiger partial charge in [-0.15, -0.1) is 0 Å². The van der Waals surface area contributed by atoms with E-state index in [-0.39, 0.29) is 0 Å². The largest absolute Gasteiger partial charge is 0.497 e. The monoisotopic (exact) mass is 338 g/mol. The van der Waals surface area contributed by atoms with Gasteiger partial charge in [-0.25, -0.2) is 4.98 Å². The summed E-state index contributed by atoms with van der Waals surface area (Å²) in [4.78, 5) is 6.33. The molecule has 1 aromatic carbocycles. The highest BCUT2D eigenvalue weighted by atomic mass is 16.5. The third kappa shape index (κ3) is 4.13. The highest BCUT2D eigenvalue weighted by Crippen LogP contribution is 2.28. The summed E-state index contributed by atoms with van der Waals surface area (Å²) in [6.45, 7) is 1.88. The van der Waals surface area contributed by atoms with E-state index in [2.05, 4.69) is 21.3 Å². The van der Waals surface area contributed by atoms with E-state index in [1.54, 1.807) is 20.4 Å². The molecule has 6 heteroatoms. The fraction of sp³-hybridized carbons (Fsp3) is 0.368. The third-order valence-corrected chi connectivity index (χ3v) is 4.44. The van der Waals surface area contributed by atoms with Gasteiger partial charge >= 0.3 is 0 Å². The molecule has 0 bridgehead atoms. The fourth-order valence-electron chi connectivity index (χ4n) is 3.09. The molecule has 0 aliphatic carbocycles. The molecule has 0 amide bonds. The van der Waals surface area contributed by atoms with E-state index in [4.69, 9.17) is 14.7 Å². The first-order valence-corrected chi connectivity index (χ1v) is 8.32. The van der Waals surface area contributed by atoms with Crippen LogP contribution in [0.25, 0.3) is 0 Å². The number of hydrogen-bond acceptors (Lipinski definition) is 6. The number of ether oxygens (including phenoxy) is 2. The number of nitrogens with zero attached hydrogens (tertiary/aromatic N) is 3. The van der Waals surface area contributed by atoms with Crippen molar-refractivity contribution in [2.45, 2.75) is 18.9 Å². The molecule has 25 heavy (non-hydrogen) atoms. The molecule has 1 N–H and O–H groups in total. The maximum atomic E-state index is 8.99. The predicted molar refractivity (Wildman–Crippen MR) is 97.4 cm³/mol. The molecule has 1 aliphatic heterocycles. The Hall–Kier alpha value is -2.94. The number of piperidine rings is 1. The van der Waals surface area contributed by atoms with Gasteiger partial charge in [0.1, 0.15) is 23.3 Å². The third-order valence-electron chi connectivity index (χ3n) is 4.44. The minimum Gasteiger partial charge on any atom is -0.497 e. The van der Waals surface area contributed by atoms with Crippen LogP contribution >= 0.6 is 0 Å². The van der Waals surface area contributed by atoms with E-state index in [1.165, 1.54) is 0 Å². The summed E-state index contributed by atoms with van der Waals surface area (Å²) in [5.41, 5.74) is 2.53. The normalized spacial score (nSPS) is 14.7. The molecule has 3 rings (SSSR count). The molecule has 1 saturated heterocycles. The number of hydrogen-bond donors (Lipinski definition) is 1. The Kier molecular flexibility index (Phi) is 5.24. The van der Waals surface area contributed by atoms with Crippen LogP contribution in [0.1, 0.15) is 18.5 Å². The van der Waals surface area contributed by atoms with Crippen molar-refractivity contribution in [3.8, 4) is 17.6 Å². The molecule has 2 heterocycles. The van der Waals surface area contributed by atoms with Gasteiger partial charge in [-0.2, -0.15) is 5.26 Å². The van der Waals surface area contributed by atoms with Crippen LogP contribution in [0.5, 0.6) is 11.5 Å². The molecule has 0 saturated carbocycles. The van der Waals surface area contributed by atoms with Gasteiger partial charge in [-0.05, 0) is 25.0 Å². The van der Waals surface area contributed by atoms with Gasteiger partial charge in [0.05, 0.1) is 14.2 Å². The average molecular weight is 338 g/mol. The number of rotatable bonds is 5. The molecule has 6 nitrogen and oxygen atoms in total. The molecule has 130 valence electrons. The van der Waals surface area contributed by atoms with E-state index in [0.717, 1.165) is 48.8 Å². The molecule has 0 atom stereocenters. The minimum absolute atomic E-state index is 0.394. The minimum atomic E-state index is 0.394. The topological polar surface area (TPSA) is 70.4 Å². The van der Waals surface area contributed by atoms with Crippen LogP contribution in [0.4, 0.5) is 11.4 Å². The number of nitrogens with one attached hydrogen (secondary N) is 1. The van der Waals surface area contributed by atoms with Crippen molar-refractivity contribution in [1.82, 2.24) is 4.98 Å². The Balaban J connectivity index is 1.62. The van der Waals surface area contributed by atoms with Gasteiger partial charge in [-0.3, -0.25) is 0 Å². The van der Waals surface area contributed by atoms with E-state index in [1.807, 2.05) is 30.3 Å². The lowest BCUT2D eigenvalue weighted by atomic mass is 10.0. The summed E-state index contributed by atoms with van der Waals surface area (Å²) >= 11 is 0. The molecule has 0 spiro atoms. The summed E-state index contributed by atoms with van der Waals surface area (Å²) in [6, 6.07) is 12.1. The van der Waals surface area contributed by atoms with Gasteiger partial charge in [-0.1, -0.05) is 0 Å². The van der Waals surface area contributed by atoms with Crippen LogP contribution in [0.2, 0.25) is 0 Å². The lowest BCUT2D eigenvalue weighted by Crippen LogP contribution is -2.39. The second-order valence-corrected chi connectivity index (χ2v) is 6.02. The Morgan fingerprint density at radius 2 is 1.80 bits per heavy atom. The van der Waals surface area contributed by atoms with Gasteiger partial charge in [0.2, 0.25) is 0 Å². The maximum absolute atomic E-state index is 8.99. The number of pyridine rings is 1. The van der Waals surface area contributed by atoms with Crippen LogP contribution in [0.3, 0.4) is 0 Å². The van der Waals surface area contributed by atoms with Crippen LogP contribution in [0, 0.1) is 11.3 Å². The van der Waals surface area contributed by atoms with Crippen LogP contribution in [0.15, 0.2) is 36.5 Å². The number of nitriles is 1. The summed E-state index contributed by atoms with van der Waals surface area (Å²) in [5, 5.41) is 12.6. The Labute approximate surface area is 148 Å². The zero-order valence-corrected chi connectivity index (χ0v) is 14.5. The van der Waals surface area contributed by atoms with Crippen molar-refractivity contribution in [2.24, 2.45) is 0 Å². The summed E-state index contributed by atoms with van der Waals surface area (Å²) < 4.78 is 10.6.